The largest absolute Gasteiger partial charge is 0.493 e. The first kappa shape index (κ1) is 22.8. The number of nitrogens with zero attached hydrogens (tertiary/aromatic N) is 5. The highest BCUT2D eigenvalue weighted by atomic mass is 35.5. The summed E-state index contributed by atoms with van der Waals surface area (Å²) in [6, 6.07) is 13.0. The molecule has 1 aliphatic rings. The molecular formula is C25H23ClN6O3. The van der Waals surface area contributed by atoms with Crippen LogP contribution in [0, 0.1) is 6.92 Å². The van der Waals surface area contributed by atoms with Crippen molar-refractivity contribution in [3.63, 3.8) is 0 Å². The normalized spacial score (nSPS) is 14.9. The second kappa shape index (κ2) is 9.34. The Balaban J connectivity index is 1.58. The number of rotatable bonds is 6. The Morgan fingerprint density at radius 1 is 1.17 bits per heavy atom. The zero-order valence-corrected chi connectivity index (χ0v) is 20.2. The van der Waals surface area contributed by atoms with E-state index in [1.807, 2.05) is 44.2 Å². The van der Waals surface area contributed by atoms with Gasteiger partial charge >= 0.3 is 0 Å². The molecule has 10 heteroatoms. The number of benzene rings is 2. The number of aryl methyl sites for hydroxylation is 1. The molecule has 9 nitrogen and oxygen atoms in total. The van der Waals surface area contributed by atoms with Crippen LogP contribution in [0.5, 0.6) is 11.5 Å². The van der Waals surface area contributed by atoms with Crippen LogP contribution in [0.3, 0.4) is 0 Å². The fourth-order valence-corrected chi connectivity index (χ4v) is 4.42. The monoisotopic (exact) mass is 490 g/mol. The lowest BCUT2D eigenvalue weighted by Crippen LogP contribution is -2.25. The van der Waals surface area contributed by atoms with Gasteiger partial charge in [0.1, 0.15) is 5.82 Å². The first-order valence-corrected chi connectivity index (χ1v) is 11.5. The second-order valence-electron chi connectivity index (χ2n) is 8.06. The number of hydrogen-bond donors (Lipinski definition) is 1. The van der Waals surface area contributed by atoms with Crippen molar-refractivity contribution >= 4 is 23.3 Å². The number of amides is 1. The molecule has 2 aromatic heterocycles. The van der Waals surface area contributed by atoms with Gasteiger partial charge in [-0.1, -0.05) is 29.8 Å². The summed E-state index contributed by atoms with van der Waals surface area (Å²) in [4.78, 5) is 17.4. The molecule has 0 bridgehead atoms. The molecule has 2 aromatic carbocycles. The van der Waals surface area contributed by atoms with Crippen LogP contribution < -0.4 is 14.8 Å². The molecule has 178 valence electrons. The summed E-state index contributed by atoms with van der Waals surface area (Å²) in [5.41, 5.74) is 4.04. The highest BCUT2D eigenvalue weighted by Gasteiger charge is 2.33. The molecule has 0 saturated carbocycles. The molecule has 1 aliphatic heterocycles. The average molecular weight is 491 g/mol. The van der Waals surface area contributed by atoms with Gasteiger partial charge in [-0.2, -0.15) is 14.9 Å². The molecule has 1 amide bonds. The van der Waals surface area contributed by atoms with Crippen LogP contribution in [0.15, 0.2) is 48.7 Å². The number of ether oxygens (including phenoxy) is 2. The van der Waals surface area contributed by atoms with Gasteiger partial charge in [-0.15, -0.1) is 5.10 Å². The van der Waals surface area contributed by atoms with Crippen LogP contribution in [0.4, 0.5) is 5.82 Å². The first-order chi connectivity index (χ1) is 17.0. The van der Waals surface area contributed by atoms with Crippen molar-refractivity contribution in [3.05, 3.63) is 70.5 Å². The van der Waals surface area contributed by atoms with Crippen LogP contribution in [0.2, 0.25) is 5.02 Å². The van der Waals surface area contributed by atoms with Gasteiger partial charge in [-0.25, -0.2) is 4.98 Å². The van der Waals surface area contributed by atoms with Crippen LogP contribution in [0.1, 0.15) is 36.1 Å². The predicted molar refractivity (Wildman–Crippen MR) is 131 cm³/mol. The SMILES string of the molecule is CCOc1ccc(C2CC(=O)Nc3c2c(C)nn3-c2nncc(-c3ccc(Cl)cc3)n2)cc1OC. The van der Waals surface area contributed by atoms with Crippen molar-refractivity contribution in [3.8, 4) is 28.7 Å². The molecule has 1 unspecified atom stereocenters. The predicted octanol–water partition coefficient (Wildman–Crippen LogP) is 4.57. The van der Waals surface area contributed by atoms with E-state index < -0.39 is 0 Å². The Labute approximate surface area is 207 Å². The minimum absolute atomic E-state index is 0.127. The highest BCUT2D eigenvalue weighted by Crippen LogP contribution is 2.42. The lowest BCUT2D eigenvalue weighted by Gasteiger charge is -2.24. The van der Waals surface area contributed by atoms with Gasteiger partial charge in [0.2, 0.25) is 5.91 Å². The standard InChI is InChI=1S/C25H23ClN6O3/c1-4-35-20-10-7-16(11-21(20)34-3)18-12-22(33)29-24-23(18)14(2)31-32(24)25-28-19(13-27-30-25)15-5-8-17(26)9-6-15/h5-11,13,18H,4,12H2,1-3H3,(H,29,33). The van der Waals surface area contributed by atoms with E-state index in [4.69, 9.17) is 21.1 Å². The van der Waals surface area contributed by atoms with Crippen LogP contribution in [0.25, 0.3) is 17.2 Å². The first-order valence-electron chi connectivity index (χ1n) is 11.1. The topological polar surface area (TPSA) is 104 Å². The van der Waals surface area contributed by atoms with E-state index in [-0.39, 0.29) is 24.2 Å². The van der Waals surface area contributed by atoms with E-state index in [1.54, 1.807) is 25.4 Å². The Morgan fingerprint density at radius 3 is 2.71 bits per heavy atom. The summed E-state index contributed by atoms with van der Waals surface area (Å²) < 4.78 is 12.7. The van der Waals surface area contributed by atoms with E-state index in [0.29, 0.717) is 34.6 Å². The maximum Gasteiger partial charge on any atom is 0.272 e. The number of methoxy groups -OCH3 is 1. The zero-order chi connectivity index (χ0) is 24.5. The van der Waals surface area contributed by atoms with Gasteiger partial charge in [0.15, 0.2) is 11.5 Å². The Bertz CT molecular complexity index is 1400. The Hall–Kier alpha value is -3.98. The smallest absolute Gasteiger partial charge is 0.272 e. The summed E-state index contributed by atoms with van der Waals surface area (Å²) in [5.74, 6) is 1.72. The fourth-order valence-electron chi connectivity index (χ4n) is 4.30. The Kier molecular flexibility index (Phi) is 6.08. The number of aromatic nitrogens is 5. The molecule has 0 aliphatic carbocycles. The van der Waals surface area contributed by atoms with Crippen molar-refractivity contribution in [1.29, 1.82) is 0 Å². The zero-order valence-electron chi connectivity index (χ0n) is 19.4. The molecule has 1 atom stereocenters. The number of nitrogens with one attached hydrogen (secondary N) is 1. The third kappa shape index (κ3) is 4.30. The summed E-state index contributed by atoms with van der Waals surface area (Å²) in [7, 11) is 1.60. The number of hydrogen-bond acceptors (Lipinski definition) is 7. The van der Waals surface area contributed by atoms with Crippen LogP contribution >= 0.6 is 11.6 Å². The summed E-state index contributed by atoms with van der Waals surface area (Å²) in [6.07, 6.45) is 1.85. The molecule has 0 saturated heterocycles. The van der Waals surface area contributed by atoms with E-state index in [9.17, 15) is 4.79 Å². The lowest BCUT2D eigenvalue weighted by molar-refractivity contribution is -0.116. The van der Waals surface area contributed by atoms with Gasteiger partial charge in [-0.3, -0.25) is 4.79 Å². The third-order valence-corrected chi connectivity index (χ3v) is 6.12. The van der Waals surface area contributed by atoms with Gasteiger partial charge in [0.05, 0.1) is 31.3 Å². The number of halogens is 1. The maximum absolute atomic E-state index is 12.8. The second-order valence-corrected chi connectivity index (χ2v) is 8.49. The van der Waals surface area contributed by atoms with Crippen molar-refractivity contribution in [2.45, 2.75) is 26.2 Å². The highest BCUT2D eigenvalue weighted by molar-refractivity contribution is 6.30. The van der Waals surface area contributed by atoms with E-state index in [2.05, 4.69) is 25.6 Å². The molecule has 35 heavy (non-hydrogen) atoms. The lowest BCUT2D eigenvalue weighted by atomic mass is 9.85. The van der Waals surface area contributed by atoms with Crippen molar-refractivity contribution < 1.29 is 14.3 Å². The summed E-state index contributed by atoms with van der Waals surface area (Å²) in [6.45, 7) is 4.35. The number of carbonyl (C=O) groups excluding carboxylic acids is 1. The molecule has 0 spiro atoms. The molecule has 3 heterocycles. The van der Waals surface area contributed by atoms with Gasteiger partial charge in [0, 0.05) is 28.5 Å². The quantitative estimate of drug-likeness (QED) is 0.422. The number of fused-ring (bicyclic) bond motifs is 1. The molecule has 1 N–H and O–H groups in total. The summed E-state index contributed by atoms with van der Waals surface area (Å²) in [5, 5.41) is 16.6. The van der Waals surface area contributed by atoms with Crippen LogP contribution in [-0.4, -0.2) is 44.6 Å². The maximum atomic E-state index is 12.8. The number of carbonyl (C=O) groups is 1. The molecule has 0 fully saturated rings. The Morgan fingerprint density at radius 2 is 1.97 bits per heavy atom. The van der Waals surface area contributed by atoms with E-state index >= 15 is 0 Å². The molecule has 4 aromatic rings. The average Bonchev–Trinajstić information content (AvgIpc) is 3.20. The third-order valence-electron chi connectivity index (χ3n) is 5.87. The van der Waals surface area contributed by atoms with E-state index in [0.717, 1.165) is 22.4 Å². The molecular weight excluding hydrogens is 468 g/mol. The van der Waals surface area contributed by atoms with Crippen molar-refractivity contribution in [2.75, 3.05) is 19.0 Å². The summed E-state index contributed by atoms with van der Waals surface area (Å²) >= 11 is 6.01. The minimum Gasteiger partial charge on any atom is -0.493 e. The van der Waals surface area contributed by atoms with Crippen LogP contribution in [-0.2, 0) is 4.79 Å². The molecule has 0 radical (unpaired) electrons. The van der Waals surface area contributed by atoms with Crippen molar-refractivity contribution in [1.82, 2.24) is 25.0 Å². The van der Waals surface area contributed by atoms with Gasteiger partial charge < -0.3 is 14.8 Å². The minimum atomic E-state index is -0.218. The van der Waals surface area contributed by atoms with Gasteiger partial charge in [-0.05, 0) is 43.7 Å². The number of anilines is 1. The van der Waals surface area contributed by atoms with Crippen molar-refractivity contribution in [2.24, 2.45) is 0 Å². The fraction of sp³-hybridized carbons (Fsp3) is 0.240. The van der Waals surface area contributed by atoms with E-state index in [1.165, 1.54) is 4.68 Å². The van der Waals surface area contributed by atoms with Gasteiger partial charge in [0.25, 0.3) is 5.95 Å². The molecule has 5 rings (SSSR count).